The summed E-state index contributed by atoms with van der Waals surface area (Å²) in [7, 11) is 2.01. The molecule has 1 amide bonds. The fourth-order valence-electron chi connectivity index (χ4n) is 3.31. The summed E-state index contributed by atoms with van der Waals surface area (Å²) in [6, 6.07) is 10.5. The van der Waals surface area contributed by atoms with Gasteiger partial charge in [0.1, 0.15) is 0 Å². The Morgan fingerprint density at radius 2 is 2.04 bits per heavy atom. The van der Waals surface area contributed by atoms with Crippen LogP contribution in [0.4, 0.5) is 0 Å². The van der Waals surface area contributed by atoms with Gasteiger partial charge in [-0.3, -0.25) is 4.79 Å². The SMILES string of the molecule is CSc1ncc(CN2C[C@@](C)(c3ccccc3)CCC2=O)n1C. The molecule has 1 aliphatic rings. The highest BCUT2D eigenvalue weighted by molar-refractivity contribution is 7.98. The molecule has 1 aromatic heterocycles. The highest BCUT2D eigenvalue weighted by Gasteiger charge is 2.36. The molecule has 5 heteroatoms. The quantitative estimate of drug-likeness (QED) is 0.808. The highest BCUT2D eigenvalue weighted by Crippen LogP contribution is 2.34. The van der Waals surface area contributed by atoms with E-state index in [1.54, 1.807) is 11.8 Å². The van der Waals surface area contributed by atoms with Gasteiger partial charge in [0.2, 0.25) is 5.91 Å². The standard InChI is InChI=1S/C18H23N3OS/c1-18(14-7-5-4-6-8-14)10-9-16(22)21(13-18)12-15-11-19-17(23-3)20(15)2/h4-8,11H,9-10,12-13H2,1-3H3/t18-/m0/s1. The van der Waals surface area contributed by atoms with Crippen LogP contribution in [0.15, 0.2) is 41.7 Å². The molecule has 1 saturated heterocycles. The van der Waals surface area contributed by atoms with Crippen LogP contribution in [0.25, 0.3) is 0 Å². The first-order chi connectivity index (χ1) is 11.0. The molecular formula is C18H23N3OS. The van der Waals surface area contributed by atoms with Crippen LogP contribution in [-0.4, -0.2) is 33.2 Å². The van der Waals surface area contributed by atoms with Crippen molar-refractivity contribution in [1.82, 2.24) is 14.5 Å². The van der Waals surface area contributed by atoms with E-state index >= 15 is 0 Å². The zero-order chi connectivity index (χ0) is 16.4. The van der Waals surface area contributed by atoms with Gasteiger partial charge in [-0.1, -0.05) is 49.0 Å². The van der Waals surface area contributed by atoms with Crippen molar-refractivity contribution >= 4 is 17.7 Å². The molecule has 1 fully saturated rings. The largest absolute Gasteiger partial charge is 0.336 e. The number of likely N-dealkylation sites (tertiary alicyclic amines) is 1. The number of nitrogens with zero attached hydrogens (tertiary/aromatic N) is 3. The number of aromatic nitrogens is 2. The monoisotopic (exact) mass is 329 g/mol. The lowest BCUT2D eigenvalue weighted by Crippen LogP contribution is -2.47. The van der Waals surface area contributed by atoms with Gasteiger partial charge >= 0.3 is 0 Å². The number of rotatable bonds is 4. The Kier molecular flexibility index (Phi) is 4.48. The van der Waals surface area contributed by atoms with Gasteiger partial charge in [0.05, 0.1) is 18.4 Å². The Morgan fingerprint density at radius 1 is 1.30 bits per heavy atom. The van der Waals surface area contributed by atoms with Crippen molar-refractivity contribution in [3.8, 4) is 0 Å². The summed E-state index contributed by atoms with van der Waals surface area (Å²) in [5.41, 5.74) is 2.42. The van der Waals surface area contributed by atoms with Gasteiger partial charge in [-0.05, 0) is 18.2 Å². The first-order valence-electron chi connectivity index (χ1n) is 7.91. The van der Waals surface area contributed by atoms with Crippen LogP contribution in [0.2, 0.25) is 0 Å². The molecule has 0 N–H and O–H groups in total. The molecule has 2 heterocycles. The van der Waals surface area contributed by atoms with Crippen molar-refractivity contribution in [3.05, 3.63) is 47.8 Å². The third-order valence-electron chi connectivity index (χ3n) is 4.83. The van der Waals surface area contributed by atoms with Crippen molar-refractivity contribution in [2.45, 2.75) is 36.9 Å². The molecule has 0 unspecified atom stereocenters. The summed E-state index contributed by atoms with van der Waals surface area (Å²) < 4.78 is 2.08. The van der Waals surface area contributed by atoms with Crippen LogP contribution < -0.4 is 0 Å². The number of hydrogen-bond acceptors (Lipinski definition) is 3. The molecule has 0 bridgehead atoms. The molecule has 2 aromatic rings. The smallest absolute Gasteiger partial charge is 0.222 e. The van der Waals surface area contributed by atoms with Crippen LogP contribution in [0, 0.1) is 0 Å². The molecular weight excluding hydrogens is 306 g/mol. The van der Waals surface area contributed by atoms with Gasteiger partial charge in [0, 0.05) is 25.4 Å². The van der Waals surface area contributed by atoms with Crippen LogP contribution in [0.3, 0.4) is 0 Å². The van der Waals surface area contributed by atoms with Crippen LogP contribution in [-0.2, 0) is 23.8 Å². The van der Waals surface area contributed by atoms with E-state index in [0.29, 0.717) is 13.0 Å². The third-order valence-corrected chi connectivity index (χ3v) is 5.58. The number of benzene rings is 1. The van der Waals surface area contributed by atoms with Crippen molar-refractivity contribution in [2.75, 3.05) is 12.8 Å². The summed E-state index contributed by atoms with van der Waals surface area (Å²) in [5, 5.41) is 0.982. The molecule has 0 aliphatic carbocycles. The molecule has 23 heavy (non-hydrogen) atoms. The van der Waals surface area contributed by atoms with Gasteiger partial charge in [0.15, 0.2) is 5.16 Å². The van der Waals surface area contributed by atoms with E-state index in [2.05, 4.69) is 40.7 Å². The fourth-order valence-corrected chi connectivity index (χ4v) is 3.86. The second-order valence-corrected chi connectivity index (χ2v) is 7.25. The average Bonchev–Trinajstić information content (AvgIpc) is 2.92. The number of thioether (sulfide) groups is 1. The van der Waals surface area contributed by atoms with Gasteiger partial charge in [-0.25, -0.2) is 4.98 Å². The van der Waals surface area contributed by atoms with Crippen molar-refractivity contribution in [3.63, 3.8) is 0 Å². The number of piperidine rings is 1. The van der Waals surface area contributed by atoms with E-state index in [9.17, 15) is 4.79 Å². The Balaban J connectivity index is 1.81. The highest BCUT2D eigenvalue weighted by atomic mass is 32.2. The zero-order valence-corrected chi connectivity index (χ0v) is 14.8. The number of hydrogen-bond donors (Lipinski definition) is 0. The number of amides is 1. The molecule has 3 rings (SSSR count). The molecule has 0 spiro atoms. The third kappa shape index (κ3) is 3.15. The number of carbonyl (C=O) groups excluding carboxylic acids is 1. The maximum Gasteiger partial charge on any atom is 0.222 e. The Morgan fingerprint density at radius 3 is 2.70 bits per heavy atom. The predicted octanol–water partition coefficient (Wildman–Crippen LogP) is 3.22. The lowest BCUT2D eigenvalue weighted by Gasteiger charge is -2.40. The van der Waals surface area contributed by atoms with E-state index in [1.165, 1.54) is 5.56 Å². The first kappa shape index (κ1) is 16.1. The fraction of sp³-hybridized carbons (Fsp3) is 0.444. The normalized spacial score (nSPS) is 21.7. The van der Waals surface area contributed by atoms with Crippen molar-refractivity contribution in [2.24, 2.45) is 7.05 Å². The van der Waals surface area contributed by atoms with Crippen LogP contribution >= 0.6 is 11.8 Å². The van der Waals surface area contributed by atoms with Gasteiger partial charge in [-0.2, -0.15) is 0 Å². The number of carbonyl (C=O) groups is 1. The minimum Gasteiger partial charge on any atom is -0.336 e. The Bertz CT molecular complexity index is 698. The molecule has 0 radical (unpaired) electrons. The van der Waals surface area contributed by atoms with Gasteiger partial charge in [0.25, 0.3) is 0 Å². The summed E-state index contributed by atoms with van der Waals surface area (Å²) >= 11 is 1.62. The summed E-state index contributed by atoms with van der Waals surface area (Å²) in [5.74, 6) is 0.241. The maximum absolute atomic E-state index is 12.4. The van der Waals surface area contributed by atoms with Crippen LogP contribution in [0.1, 0.15) is 31.0 Å². The Hall–Kier alpha value is -1.75. The second-order valence-electron chi connectivity index (χ2n) is 6.47. The molecule has 1 atom stereocenters. The van der Waals surface area contributed by atoms with E-state index in [-0.39, 0.29) is 11.3 Å². The number of imidazole rings is 1. The van der Waals surface area contributed by atoms with Gasteiger partial charge < -0.3 is 9.47 Å². The minimum atomic E-state index is 0.0239. The van der Waals surface area contributed by atoms with E-state index in [4.69, 9.17) is 0 Å². The molecule has 1 aliphatic heterocycles. The summed E-state index contributed by atoms with van der Waals surface area (Å²) in [6.45, 7) is 3.65. The molecule has 4 nitrogen and oxygen atoms in total. The predicted molar refractivity (Wildman–Crippen MR) is 93.4 cm³/mol. The maximum atomic E-state index is 12.4. The first-order valence-corrected chi connectivity index (χ1v) is 9.14. The molecule has 1 aromatic carbocycles. The summed E-state index contributed by atoms with van der Waals surface area (Å²) in [6.07, 6.45) is 5.42. The van der Waals surface area contributed by atoms with Crippen LogP contribution in [0.5, 0.6) is 0 Å². The Labute approximate surface area is 141 Å². The summed E-state index contributed by atoms with van der Waals surface area (Å²) in [4.78, 5) is 18.8. The lowest BCUT2D eigenvalue weighted by atomic mass is 9.75. The van der Waals surface area contributed by atoms with Crippen molar-refractivity contribution in [1.29, 1.82) is 0 Å². The molecule has 0 saturated carbocycles. The van der Waals surface area contributed by atoms with E-state index in [0.717, 1.165) is 23.8 Å². The minimum absolute atomic E-state index is 0.0239. The van der Waals surface area contributed by atoms with E-state index < -0.39 is 0 Å². The molecule has 122 valence electrons. The lowest BCUT2D eigenvalue weighted by molar-refractivity contribution is -0.136. The van der Waals surface area contributed by atoms with Crippen molar-refractivity contribution < 1.29 is 4.79 Å². The zero-order valence-electron chi connectivity index (χ0n) is 14.0. The second kappa shape index (κ2) is 6.40. The van der Waals surface area contributed by atoms with Gasteiger partial charge in [-0.15, -0.1) is 0 Å². The van der Waals surface area contributed by atoms with E-state index in [1.807, 2.05) is 30.5 Å². The topological polar surface area (TPSA) is 38.1 Å². The average molecular weight is 329 g/mol.